The van der Waals surface area contributed by atoms with E-state index >= 15 is 0 Å². The number of hydrogen-bond donors (Lipinski definition) is 1. The van der Waals surface area contributed by atoms with E-state index in [1.807, 2.05) is 0 Å². The van der Waals surface area contributed by atoms with Crippen molar-refractivity contribution >= 4 is 32.8 Å². The first-order valence-corrected chi connectivity index (χ1v) is 4.87. The molecule has 0 aliphatic heterocycles. The van der Waals surface area contributed by atoms with E-state index in [1.54, 1.807) is 0 Å². The molecule has 0 saturated carbocycles. The number of nitrogens with zero attached hydrogens (tertiary/aromatic N) is 1. The van der Waals surface area contributed by atoms with Crippen molar-refractivity contribution < 1.29 is 14.3 Å². The standard InChI is InChI=1S/C10H5BrFNO2/c11-9-5-1-3-8(10(14)15)13-7(5)4-2-6(9)12/h1-4H,(H,14,15). The smallest absolute Gasteiger partial charge is 0.354 e. The SMILES string of the molecule is O=C(O)c1ccc2c(Br)c(F)ccc2n1. The summed E-state index contributed by atoms with van der Waals surface area (Å²) >= 11 is 3.08. The lowest BCUT2D eigenvalue weighted by atomic mass is 10.2. The molecule has 0 unspecified atom stereocenters. The van der Waals surface area contributed by atoms with Crippen LogP contribution in [0.2, 0.25) is 0 Å². The molecule has 3 nitrogen and oxygen atoms in total. The molecule has 1 aromatic heterocycles. The average molecular weight is 270 g/mol. The molecule has 0 aliphatic carbocycles. The van der Waals surface area contributed by atoms with Crippen LogP contribution in [-0.4, -0.2) is 16.1 Å². The number of halogens is 2. The topological polar surface area (TPSA) is 50.2 Å². The Morgan fingerprint density at radius 1 is 1.33 bits per heavy atom. The summed E-state index contributed by atoms with van der Waals surface area (Å²) in [6.07, 6.45) is 0. The van der Waals surface area contributed by atoms with Crippen molar-refractivity contribution in [3.05, 3.63) is 40.2 Å². The van der Waals surface area contributed by atoms with E-state index in [-0.39, 0.29) is 5.69 Å². The maximum atomic E-state index is 13.1. The Hall–Kier alpha value is -1.49. The molecule has 0 amide bonds. The number of benzene rings is 1. The predicted octanol–water partition coefficient (Wildman–Crippen LogP) is 2.83. The first-order valence-electron chi connectivity index (χ1n) is 4.07. The largest absolute Gasteiger partial charge is 0.477 e. The molecule has 0 radical (unpaired) electrons. The van der Waals surface area contributed by atoms with Crippen molar-refractivity contribution in [3.63, 3.8) is 0 Å². The zero-order chi connectivity index (χ0) is 11.0. The van der Waals surface area contributed by atoms with Gasteiger partial charge in [-0.15, -0.1) is 0 Å². The van der Waals surface area contributed by atoms with E-state index in [2.05, 4.69) is 20.9 Å². The Labute approximate surface area is 92.7 Å². The minimum absolute atomic E-state index is 0.0546. The van der Waals surface area contributed by atoms with Crippen molar-refractivity contribution in [1.82, 2.24) is 4.98 Å². The summed E-state index contributed by atoms with van der Waals surface area (Å²) < 4.78 is 13.4. The van der Waals surface area contributed by atoms with Gasteiger partial charge >= 0.3 is 5.97 Å². The summed E-state index contributed by atoms with van der Waals surface area (Å²) in [7, 11) is 0. The molecule has 0 aliphatic rings. The van der Waals surface area contributed by atoms with E-state index in [4.69, 9.17) is 5.11 Å². The summed E-state index contributed by atoms with van der Waals surface area (Å²) in [4.78, 5) is 14.5. The van der Waals surface area contributed by atoms with E-state index in [9.17, 15) is 9.18 Å². The molecular formula is C10H5BrFNO2. The van der Waals surface area contributed by atoms with Crippen LogP contribution in [0.5, 0.6) is 0 Å². The van der Waals surface area contributed by atoms with Crippen LogP contribution in [0.25, 0.3) is 10.9 Å². The highest BCUT2D eigenvalue weighted by Gasteiger charge is 2.09. The normalized spacial score (nSPS) is 10.5. The molecule has 0 fully saturated rings. The zero-order valence-electron chi connectivity index (χ0n) is 7.37. The number of pyridine rings is 1. The molecule has 2 rings (SSSR count). The Balaban J connectivity index is 2.75. The van der Waals surface area contributed by atoms with Gasteiger partial charge < -0.3 is 5.11 Å². The molecule has 2 aromatic rings. The average Bonchev–Trinajstić information content (AvgIpc) is 2.23. The highest BCUT2D eigenvalue weighted by molar-refractivity contribution is 9.10. The van der Waals surface area contributed by atoms with Crippen molar-refractivity contribution in [2.24, 2.45) is 0 Å². The summed E-state index contributed by atoms with van der Waals surface area (Å²) in [6.45, 7) is 0. The van der Waals surface area contributed by atoms with E-state index in [1.165, 1.54) is 24.3 Å². The first kappa shape index (κ1) is 10.0. The summed E-state index contributed by atoms with van der Waals surface area (Å²) in [6, 6.07) is 5.56. The summed E-state index contributed by atoms with van der Waals surface area (Å²) in [5.74, 6) is -1.50. The maximum Gasteiger partial charge on any atom is 0.354 e. The second kappa shape index (κ2) is 3.58. The molecule has 15 heavy (non-hydrogen) atoms. The third-order valence-electron chi connectivity index (χ3n) is 1.98. The summed E-state index contributed by atoms with van der Waals surface area (Å²) in [5, 5.41) is 9.28. The Bertz CT molecular complexity index is 556. The first-order chi connectivity index (χ1) is 7.09. The van der Waals surface area contributed by atoms with Crippen molar-refractivity contribution in [2.75, 3.05) is 0 Å². The number of aromatic nitrogens is 1. The van der Waals surface area contributed by atoms with Gasteiger partial charge in [-0.2, -0.15) is 0 Å². The number of carboxylic acid groups (broad SMARTS) is 1. The van der Waals surface area contributed by atoms with Crippen LogP contribution in [0.15, 0.2) is 28.7 Å². The number of carbonyl (C=O) groups is 1. The highest BCUT2D eigenvalue weighted by Crippen LogP contribution is 2.25. The van der Waals surface area contributed by atoms with Gasteiger partial charge in [-0.1, -0.05) is 0 Å². The van der Waals surface area contributed by atoms with Crippen LogP contribution in [0.1, 0.15) is 10.5 Å². The monoisotopic (exact) mass is 269 g/mol. The summed E-state index contributed by atoms with van der Waals surface area (Å²) in [5.41, 5.74) is 0.393. The van der Waals surface area contributed by atoms with Crippen LogP contribution < -0.4 is 0 Å². The van der Waals surface area contributed by atoms with Gasteiger partial charge in [-0.3, -0.25) is 0 Å². The zero-order valence-corrected chi connectivity index (χ0v) is 8.95. The van der Waals surface area contributed by atoms with Gasteiger partial charge in [0.05, 0.1) is 9.99 Å². The van der Waals surface area contributed by atoms with E-state index in [0.717, 1.165) is 0 Å². The van der Waals surface area contributed by atoms with Gasteiger partial charge in [0.25, 0.3) is 0 Å². The third kappa shape index (κ3) is 1.70. The molecule has 1 heterocycles. The van der Waals surface area contributed by atoms with Crippen LogP contribution in [0, 0.1) is 5.82 Å². The number of carboxylic acids is 1. The number of rotatable bonds is 1. The Kier molecular flexibility index (Phi) is 2.40. The number of fused-ring (bicyclic) bond motifs is 1. The number of hydrogen-bond acceptors (Lipinski definition) is 2. The Morgan fingerprint density at radius 3 is 2.73 bits per heavy atom. The number of aromatic carboxylic acids is 1. The fourth-order valence-electron chi connectivity index (χ4n) is 1.26. The molecule has 5 heteroatoms. The van der Waals surface area contributed by atoms with Gasteiger partial charge in [-0.25, -0.2) is 14.2 Å². The van der Waals surface area contributed by atoms with Crippen LogP contribution >= 0.6 is 15.9 Å². The van der Waals surface area contributed by atoms with Crippen LogP contribution in [0.3, 0.4) is 0 Å². The third-order valence-corrected chi connectivity index (χ3v) is 2.78. The minimum atomic E-state index is -1.10. The Morgan fingerprint density at radius 2 is 2.07 bits per heavy atom. The quantitative estimate of drug-likeness (QED) is 0.866. The van der Waals surface area contributed by atoms with Gasteiger partial charge in [0.15, 0.2) is 0 Å². The van der Waals surface area contributed by atoms with Crippen LogP contribution in [0.4, 0.5) is 4.39 Å². The lowest BCUT2D eigenvalue weighted by Gasteiger charge is -2.02. The van der Waals surface area contributed by atoms with Crippen LogP contribution in [-0.2, 0) is 0 Å². The minimum Gasteiger partial charge on any atom is -0.477 e. The highest BCUT2D eigenvalue weighted by atomic mass is 79.9. The molecule has 1 aromatic carbocycles. The second-order valence-corrected chi connectivity index (χ2v) is 3.72. The lowest BCUT2D eigenvalue weighted by Crippen LogP contribution is -1.99. The fourth-order valence-corrected chi connectivity index (χ4v) is 1.73. The molecule has 0 spiro atoms. The molecule has 1 N–H and O–H groups in total. The molecule has 0 saturated heterocycles. The van der Waals surface area contributed by atoms with Gasteiger partial charge in [0.2, 0.25) is 0 Å². The van der Waals surface area contributed by atoms with Gasteiger partial charge in [0, 0.05) is 5.39 Å². The second-order valence-electron chi connectivity index (χ2n) is 2.93. The molecule has 0 bridgehead atoms. The lowest BCUT2D eigenvalue weighted by molar-refractivity contribution is 0.0691. The predicted molar refractivity (Wildman–Crippen MR) is 56.4 cm³/mol. The van der Waals surface area contributed by atoms with Crippen molar-refractivity contribution in [1.29, 1.82) is 0 Å². The van der Waals surface area contributed by atoms with Crippen molar-refractivity contribution in [3.8, 4) is 0 Å². The molecule has 76 valence electrons. The molecule has 0 atom stereocenters. The fraction of sp³-hybridized carbons (Fsp3) is 0. The van der Waals surface area contributed by atoms with Gasteiger partial charge in [-0.05, 0) is 40.2 Å². The van der Waals surface area contributed by atoms with E-state index < -0.39 is 11.8 Å². The van der Waals surface area contributed by atoms with E-state index in [0.29, 0.717) is 15.4 Å². The molecular weight excluding hydrogens is 265 g/mol. The maximum absolute atomic E-state index is 13.1. The van der Waals surface area contributed by atoms with Crippen molar-refractivity contribution in [2.45, 2.75) is 0 Å². The van der Waals surface area contributed by atoms with Gasteiger partial charge in [0.1, 0.15) is 11.5 Å².